The Kier molecular flexibility index (Phi) is 6.72. The third kappa shape index (κ3) is 4.96. The normalized spacial score (nSPS) is 20.7. The summed E-state index contributed by atoms with van der Waals surface area (Å²) in [5.74, 6) is -5.15. The fourth-order valence-corrected chi connectivity index (χ4v) is 4.97. The molecule has 1 heterocycles. The van der Waals surface area contributed by atoms with Gasteiger partial charge in [0, 0.05) is 6.07 Å². The van der Waals surface area contributed by atoms with Gasteiger partial charge in [0.15, 0.2) is 11.6 Å². The van der Waals surface area contributed by atoms with Gasteiger partial charge in [-0.05, 0) is 65.6 Å². The summed E-state index contributed by atoms with van der Waals surface area (Å²) >= 11 is 0. The minimum Gasteiger partial charge on any atom is -0.429 e. The second-order valence-electron chi connectivity index (χ2n) is 9.48. The first kappa shape index (κ1) is 24.7. The lowest BCUT2D eigenvalue weighted by atomic mass is 9.73. The molecule has 3 aromatic rings. The minimum atomic E-state index is -4.46. The Morgan fingerprint density at radius 2 is 1.39 bits per heavy atom. The van der Waals surface area contributed by atoms with Crippen molar-refractivity contribution >= 4 is 0 Å². The molecule has 0 amide bonds. The fraction of sp³-hybridized carbons (Fsp3) is 0.357. The summed E-state index contributed by atoms with van der Waals surface area (Å²) in [6.45, 7) is 0.732. The zero-order chi connectivity index (χ0) is 25.4. The Bertz CT molecular complexity index is 1210. The molecule has 0 aromatic heterocycles. The molecule has 2 unspecified atom stereocenters. The van der Waals surface area contributed by atoms with Gasteiger partial charge in [-0.15, -0.1) is 0 Å². The molecule has 0 spiro atoms. The maximum Gasteiger partial charge on any atom is 0.432 e. The second-order valence-corrected chi connectivity index (χ2v) is 9.48. The van der Waals surface area contributed by atoms with Gasteiger partial charge in [0.05, 0.1) is 12.7 Å². The molecule has 0 radical (unpaired) electrons. The number of hydrogen-bond donors (Lipinski definition) is 0. The van der Waals surface area contributed by atoms with Crippen molar-refractivity contribution in [3.8, 4) is 16.9 Å². The van der Waals surface area contributed by atoms with E-state index in [1.165, 1.54) is 19.3 Å². The molecule has 2 aliphatic rings. The van der Waals surface area contributed by atoms with Gasteiger partial charge in [0.2, 0.25) is 0 Å². The standard InChI is InChI=1S/C28H24F6O2/c29-22-10-9-21(14-23(22)30)36-28(33,34)27-24(31)12-20(13-25(27)32)17-4-6-18(7-5-17)26-11-8-19(15-35-26)16-2-1-3-16/h4-7,9-10,12-14,16,19,26H,1-3,8,11,15H2. The summed E-state index contributed by atoms with van der Waals surface area (Å²) in [6, 6.07) is 10.2. The number of hydrogen-bond acceptors (Lipinski definition) is 2. The van der Waals surface area contributed by atoms with Crippen molar-refractivity contribution in [1.82, 2.24) is 0 Å². The molecule has 8 heteroatoms. The van der Waals surface area contributed by atoms with E-state index in [-0.39, 0.29) is 11.7 Å². The van der Waals surface area contributed by atoms with E-state index >= 15 is 0 Å². The topological polar surface area (TPSA) is 18.5 Å². The van der Waals surface area contributed by atoms with Gasteiger partial charge in [-0.3, -0.25) is 0 Å². The van der Waals surface area contributed by atoms with E-state index in [0.717, 1.165) is 49.1 Å². The first-order valence-electron chi connectivity index (χ1n) is 11.9. The Morgan fingerprint density at radius 3 is 1.94 bits per heavy atom. The average Bonchev–Trinajstić information content (AvgIpc) is 2.80. The second kappa shape index (κ2) is 9.81. The average molecular weight is 506 g/mol. The third-order valence-corrected chi connectivity index (χ3v) is 7.21. The number of rotatable bonds is 6. The lowest BCUT2D eigenvalue weighted by molar-refractivity contribution is -0.189. The largest absolute Gasteiger partial charge is 0.432 e. The molecule has 1 saturated heterocycles. The maximum atomic E-state index is 14.7. The van der Waals surface area contributed by atoms with Crippen molar-refractivity contribution < 1.29 is 35.8 Å². The van der Waals surface area contributed by atoms with Gasteiger partial charge in [0.25, 0.3) is 0 Å². The van der Waals surface area contributed by atoms with Crippen molar-refractivity contribution in [1.29, 1.82) is 0 Å². The van der Waals surface area contributed by atoms with E-state index in [1.54, 1.807) is 12.1 Å². The summed E-state index contributed by atoms with van der Waals surface area (Å²) in [7, 11) is 0. The number of ether oxygens (including phenoxy) is 2. The van der Waals surface area contributed by atoms with E-state index in [4.69, 9.17) is 4.74 Å². The molecule has 0 N–H and O–H groups in total. The zero-order valence-corrected chi connectivity index (χ0v) is 19.3. The van der Waals surface area contributed by atoms with Gasteiger partial charge in [-0.2, -0.15) is 8.78 Å². The van der Waals surface area contributed by atoms with Crippen LogP contribution in [-0.4, -0.2) is 6.61 Å². The van der Waals surface area contributed by atoms with Gasteiger partial charge >= 0.3 is 6.11 Å². The van der Waals surface area contributed by atoms with E-state index < -0.39 is 40.7 Å². The predicted molar refractivity (Wildman–Crippen MR) is 121 cm³/mol. The van der Waals surface area contributed by atoms with Crippen LogP contribution in [0.25, 0.3) is 11.1 Å². The van der Waals surface area contributed by atoms with Crippen LogP contribution in [0.5, 0.6) is 5.75 Å². The van der Waals surface area contributed by atoms with Crippen molar-refractivity contribution in [2.45, 2.75) is 44.3 Å². The molecule has 1 aliphatic heterocycles. The van der Waals surface area contributed by atoms with E-state index in [0.29, 0.717) is 23.6 Å². The van der Waals surface area contributed by atoms with E-state index in [1.807, 2.05) is 12.1 Å². The molecule has 2 fully saturated rings. The first-order chi connectivity index (χ1) is 17.2. The Labute approximate surface area is 204 Å². The van der Waals surface area contributed by atoms with Crippen LogP contribution in [0.3, 0.4) is 0 Å². The summed E-state index contributed by atoms with van der Waals surface area (Å²) in [5.41, 5.74) is -0.159. The number of benzene rings is 3. The van der Waals surface area contributed by atoms with Crippen LogP contribution in [-0.2, 0) is 10.8 Å². The molecule has 2 atom stereocenters. The van der Waals surface area contributed by atoms with Crippen LogP contribution in [0.4, 0.5) is 26.3 Å². The van der Waals surface area contributed by atoms with Gasteiger partial charge < -0.3 is 9.47 Å². The molecule has 190 valence electrons. The number of alkyl halides is 2. The highest BCUT2D eigenvalue weighted by molar-refractivity contribution is 5.64. The van der Waals surface area contributed by atoms with E-state index in [9.17, 15) is 26.3 Å². The first-order valence-corrected chi connectivity index (χ1v) is 11.9. The predicted octanol–water partition coefficient (Wildman–Crippen LogP) is 8.31. The summed E-state index contributed by atoms with van der Waals surface area (Å²) in [4.78, 5) is 0. The van der Waals surface area contributed by atoms with Gasteiger partial charge in [-0.25, -0.2) is 17.6 Å². The van der Waals surface area contributed by atoms with Crippen molar-refractivity contribution in [2.24, 2.45) is 11.8 Å². The molecular formula is C28H24F6O2. The van der Waals surface area contributed by atoms with Crippen LogP contribution >= 0.6 is 0 Å². The van der Waals surface area contributed by atoms with Gasteiger partial charge in [-0.1, -0.05) is 43.5 Å². The van der Waals surface area contributed by atoms with Crippen LogP contribution in [0.1, 0.15) is 49.3 Å². The van der Waals surface area contributed by atoms with E-state index in [2.05, 4.69) is 4.74 Å². The monoisotopic (exact) mass is 506 g/mol. The Morgan fingerprint density at radius 1 is 0.694 bits per heavy atom. The van der Waals surface area contributed by atoms with Crippen LogP contribution in [0.2, 0.25) is 0 Å². The highest BCUT2D eigenvalue weighted by Crippen LogP contribution is 2.42. The summed E-state index contributed by atoms with van der Waals surface area (Å²) in [6.07, 6.45) is 1.37. The van der Waals surface area contributed by atoms with Crippen LogP contribution in [0.15, 0.2) is 54.6 Å². The molecule has 1 aliphatic carbocycles. The molecule has 36 heavy (non-hydrogen) atoms. The van der Waals surface area contributed by atoms with Crippen molar-refractivity contribution in [2.75, 3.05) is 6.61 Å². The highest BCUT2D eigenvalue weighted by Gasteiger charge is 2.41. The zero-order valence-electron chi connectivity index (χ0n) is 19.3. The van der Waals surface area contributed by atoms with Gasteiger partial charge in [0.1, 0.15) is 22.9 Å². The minimum absolute atomic E-state index is 0.0432. The molecule has 1 saturated carbocycles. The van der Waals surface area contributed by atoms with Crippen molar-refractivity contribution in [3.63, 3.8) is 0 Å². The number of halogens is 6. The smallest absolute Gasteiger partial charge is 0.429 e. The van der Waals surface area contributed by atoms with Crippen LogP contribution < -0.4 is 4.74 Å². The third-order valence-electron chi connectivity index (χ3n) is 7.21. The fourth-order valence-electron chi connectivity index (χ4n) is 4.97. The van der Waals surface area contributed by atoms with Crippen molar-refractivity contribution in [3.05, 3.63) is 89.0 Å². The molecular weight excluding hydrogens is 482 g/mol. The lowest BCUT2D eigenvalue weighted by Crippen LogP contribution is -2.30. The lowest BCUT2D eigenvalue weighted by Gasteiger charge is -2.38. The molecule has 2 nitrogen and oxygen atoms in total. The maximum absolute atomic E-state index is 14.7. The summed E-state index contributed by atoms with van der Waals surface area (Å²) < 4.78 is 95.2. The molecule has 3 aromatic carbocycles. The summed E-state index contributed by atoms with van der Waals surface area (Å²) in [5, 5.41) is 0. The molecule has 5 rings (SSSR count). The highest BCUT2D eigenvalue weighted by atomic mass is 19.3. The Balaban J connectivity index is 1.31. The molecule has 0 bridgehead atoms. The van der Waals surface area contributed by atoms with Crippen LogP contribution in [0, 0.1) is 35.1 Å². The quantitative estimate of drug-likeness (QED) is 0.313. The SMILES string of the molecule is Fc1ccc(OC(F)(F)c2c(F)cc(-c3ccc(C4CCC(C5CCC5)CO4)cc3)cc2F)cc1F. The Hall–Kier alpha value is -3.00.